The fourth-order valence-corrected chi connectivity index (χ4v) is 9.66. The van der Waals surface area contributed by atoms with E-state index in [4.69, 9.17) is 0 Å². The number of fused-ring (bicyclic) bond motifs is 5. The largest absolute Gasteiger partial charge is 0.338 e. The maximum absolute atomic E-state index is 13.7. The summed E-state index contributed by atoms with van der Waals surface area (Å²) in [5.74, 6) is 6.42. The molecule has 6 rings (SSSR count). The number of nitrogens with zero attached hydrogens (tertiary/aromatic N) is 3. The first kappa shape index (κ1) is 22.8. The van der Waals surface area contributed by atoms with Gasteiger partial charge in [-0.3, -0.25) is 14.3 Å². The highest BCUT2D eigenvalue weighted by atomic mass is 16.2. The summed E-state index contributed by atoms with van der Waals surface area (Å²) >= 11 is 0. The Kier molecular flexibility index (Phi) is 5.69. The predicted molar refractivity (Wildman–Crippen MR) is 132 cm³/mol. The second-order valence-electron chi connectivity index (χ2n) is 13.1. The van der Waals surface area contributed by atoms with Gasteiger partial charge in [-0.25, -0.2) is 0 Å². The van der Waals surface area contributed by atoms with E-state index in [1.165, 1.54) is 44.9 Å². The first-order chi connectivity index (χ1) is 16.3. The van der Waals surface area contributed by atoms with Gasteiger partial charge in [-0.15, -0.1) is 0 Å². The van der Waals surface area contributed by atoms with E-state index in [1.807, 2.05) is 4.90 Å². The van der Waals surface area contributed by atoms with E-state index in [1.54, 1.807) is 17.1 Å². The van der Waals surface area contributed by atoms with Crippen LogP contribution in [0.25, 0.3) is 0 Å². The van der Waals surface area contributed by atoms with Gasteiger partial charge in [0.25, 0.3) is 5.91 Å². The van der Waals surface area contributed by atoms with Crippen molar-refractivity contribution in [3.63, 3.8) is 0 Å². The molecule has 2 heterocycles. The zero-order valence-corrected chi connectivity index (χ0v) is 21.4. The molecule has 5 heteroatoms. The molecule has 34 heavy (non-hydrogen) atoms. The van der Waals surface area contributed by atoms with Crippen molar-refractivity contribution in [2.75, 3.05) is 13.1 Å². The molecule has 1 unspecified atom stereocenters. The summed E-state index contributed by atoms with van der Waals surface area (Å²) < 4.78 is 1.72. The lowest BCUT2D eigenvalue weighted by atomic mass is 9.48. The molecular weight excluding hydrogens is 422 g/mol. The highest BCUT2D eigenvalue weighted by molar-refractivity contribution is 5.94. The van der Waals surface area contributed by atoms with E-state index in [0.29, 0.717) is 29.7 Å². The number of amides is 1. The number of aromatic nitrogens is 2. The summed E-state index contributed by atoms with van der Waals surface area (Å²) in [5, 5.41) is 4.40. The van der Waals surface area contributed by atoms with Gasteiger partial charge in [-0.05, 0) is 98.2 Å². The molecule has 0 N–H and O–H groups in total. The molecular formula is C29H43N3O2. The maximum atomic E-state index is 13.7. The number of Topliss-reactive ketones (excluding diaryl/α,β-unsaturated/α-hetero) is 1. The Morgan fingerprint density at radius 1 is 1.03 bits per heavy atom. The molecule has 0 radical (unpaired) electrons. The van der Waals surface area contributed by atoms with Crippen LogP contribution < -0.4 is 0 Å². The van der Waals surface area contributed by atoms with Crippen molar-refractivity contribution in [3.05, 3.63) is 18.0 Å². The standard InChI is InChI=1S/C29H43N3O2/c1-18-5-7-22-20(13-18)6-8-24-23(22)9-10-29(3)25(14-19(2)27(24)29)26(33)17-32-16-21(15-30-32)28(34)31-11-4-12-31/h15-16,18-20,22-25,27H,4-14,17H2,1-3H3/t18-,19+,20+,22-,23+,24+,25+,27?,29+/m0/s1. The molecule has 5 nitrogen and oxygen atoms in total. The Morgan fingerprint density at radius 3 is 2.59 bits per heavy atom. The number of hydrogen-bond acceptors (Lipinski definition) is 3. The van der Waals surface area contributed by atoms with Crippen LogP contribution in [0.5, 0.6) is 0 Å². The first-order valence-corrected chi connectivity index (χ1v) is 14.2. The molecule has 9 atom stereocenters. The Bertz CT molecular complexity index is 951. The molecule has 1 aromatic heterocycles. The molecule has 5 aliphatic rings. The van der Waals surface area contributed by atoms with Crippen LogP contribution in [0.1, 0.15) is 88.9 Å². The molecule has 4 aliphatic carbocycles. The lowest BCUT2D eigenvalue weighted by molar-refractivity contribution is -0.131. The molecule has 0 aromatic carbocycles. The second-order valence-corrected chi connectivity index (χ2v) is 13.1. The maximum Gasteiger partial charge on any atom is 0.257 e. The zero-order valence-electron chi connectivity index (χ0n) is 21.4. The molecule has 1 aliphatic heterocycles. The third-order valence-electron chi connectivity index (χ3n) is 11.3. The van der Waals surface area contributed by atoms with Crippen LogP contribution in [-0.4, -0.2) is 39.5 Å². The number of rotatable bonds is 4. The molecule has 0 bridgehead atoms. The van der Waals surface area contributed by atoms with Crippen molar-refractivity contribution in [3.8, 4) is 0 Å². The van der Waals surface area contributed by atoms with Crippen LogP contribution in [0.4, 0.5) is 0 Å². The van der Waals surface area contributed by atoms with Crippen LogP contribution in [0, 0.1) is 52.8 Å². The first-order valence-electron chi connectivity index (χ1n) is 14.2. The average molecular weight is 466 g/mol. The van der Waals surface area contributed by atoms with Crippen molar-refractivity contribution in [1.29, 1.82) is 0 Å². The van der Waals surface area contributed by atoms with E-state index in [2.05, 4.69) is 25.9 Å². The number of carbonyl (C=O) groups is 2. The van der Waals surface area contributed by atoms with Gasteiger partial charge in [0.1, 0.15) is 0 Å². The summed E-state index contributed by atoms with van der Waals surface area (Å²) in [6, 6.07) is 0. The second kappa shape index (κ2) is 8.48. The third kappa shape index (κ3) is 3.59. The fraction of sp³-hybridized carbons (Fsp3) is 0.828. The summed E-state index contributed by atoms with van der Waals surface area (Å²) in [7, 11) is 0. The summed E-state index contributed by atoms with van der Waals surface area (Å²) in [5.41, 5.74) is 0.756. The zero-order chi connectivity index (χ0) is 23.6. The minimum Gasteiger partial charge on any atom is -0.338 e. The quantitative estimate of drug-likeness (QED) is 0.594. The highest BCUT2D eigenvalue weighted by Crippen LogP contribution is 2.66. The number of hydrogen-bond donors (Lipinski definition) is 0. The van der Waals surface area contributed by atoms with Crippen LogP contribution in [0.2, 0.25) is 0 Å². The van der Waals surface area contributed by atoms with E-state index in [9.17, 15) is 9.59 Å². The lowest BCUT2D eigenvalue weighted by Crippen LogP contribution is -2.50. The molecule has 1 saturated heterocycles. The molecule has 4 saturated carbocycles. The van der Waals surface area contributed by atoms with Crippen molar-refractivity contribution >= 4 is 11.7 Å². The van der Waals surface area contributed by atoms with Gasteiger partial charge in [0.15, 0.2) is 5.78 Å². The van der Waals surface area contributed by atoms with Crippen molar-refractivity contribution in [2.45, 2.75) is 85.1 Å². The Labute approximate surface area is 205 Å². The van der Waals surface area contributed by atoms with Crippen molar-refractivity contribution in [1.82, 2.24) is 14.7 Å². The summed E-state index contributed by atoms with van der Waals surface area (Å²) in [6.07, 6.45) is 15.3. The Hall–Kier alpha value is -1.65. The van der Waals surface area contributed by atoms with E-state index >= 15 is 0 Å². The van der Waals surface area contributed by atoms with Crippen LogP contribution in [-0.2, 0) is 11.3 Å². The number of likely N-dealkylation sites (tertiary alicyclic amines) is 1. The van der Waals surface area contributed by atoms with Crippen molar-refractivity contribution < 1.29 is 9.59 Å². The molecule has 186 valence electrons. The van der Waals surface area contributed by atoms with Gasteiger partial charge in [-0.2, -0.15) is 5.10 Å². The van der Waals surface area contributed by atoms with Gasteiger partial charge >= 0.3 is 0 Å². The predicted octanol–water partition coefficient (Wildman–Crippen LogP) is 5.45. The number of ketones is 1. The highest BCUT2D eigenvalue weighted by Gasteiger charge is 2.60. The molecule has 1 aromatic rings. The monoisotopic (exact) mass is 465 g/mol. The lowest BCUT2D eigenvalue weighted by Gasteiger charge is -2.56. The van der Waals surface area contributed by atoms with Crippen LogP contribution in [0.15, 0.2) is 12.4 Å². The minimum absolute atomic E-state index is 0.0532. The minimum atomic E-state index is 0.0532. The average Bonchev–Trinajstić information content (AvgIpc) is 3.34. The van der Waals surface area contributed by atoms with Crippen LogP contribution in [0.3, 0.4) is 0 Å². The van der Waals surface area contributed by atoms with E-state index in [-0.39, 0.29) is 17.2 Å². The number of carbonyl (C=O) groups excluding carboxylic acids is 2. The van der Waals surface area contributed by atoms with Gasteiger partial charge in [0.05, 0.1) is 18.3 Å². The fourth-order valence-electron chi connectivity index (χ4n) is 9.66. The molecule has 5 fully saturated rings. The third-order valence-corrected chi connectivity index (χ3v) is 11.3. The van der Waals surface area contributed by atoms with Gasteiger partial charge in [-0.1, -0.05) is 27.2 Å². The normalized spacial score (nSPS) is 43.4. The molecule has 0 spiro atoms. The topological polar surface area (TPSA) is 55.2 Å². The van der Waals surface area contributed by atoms with Crippen LogP contribution >= 0.6 is 0 Å². The van der Waals surface area contributed by atoms with E-state index < -0.39 is 0 Å². The summed E-state index contributed by atoms with van der Waals surface area (Å²) in [6.45, 7) is 9.34. The smallest absolute Gasteiger partial charge is 0.257 e. The molecule has 1 amide bonds. The SMILES string of the molecule is C[C@H]1CC[C@H]2[C@H](CC[C@H]3C4[C@H](C)C[C@H](C(=O)Cn5cc(C(=O)N6CCC6)cn5)[C@@]4(C)CC[C@H]23)C1. The van der Waals surface area contributed by atoms with Gasteiger partial charge < -0.3 is 4.90 Å². The van der Waals surface area contributed by atoms with Crippen molar-refractivity contribution in [2.24, 2.45) is 52.8 Å². The van der Waals surface area contributed by atoms with Gasteiger partial charge in [0.2, 0.25) is 0 Å². The summed E-state index contributed by atoms with van der Waals surface area (Å²) in [4.78, 5) is 28.0. The van der Waals surface area contributed by atoms with E-state index in [0.717, 1.165) is 55.5 Å². The van der Waals surface area contributed by atoms with Gasteiger partial charge in [0, 0.05) is 25.2 Å². The Morgan fingerprint density at radius 2 is 1.82 bits per heavy atom. The Balaban J connectivity index is 1.16.